The Morgan fingerprint density at radius 3 is 2.20 bits per heavy atom. The van der Waals surface area contributed by atoms with Crippen LogP contribution in [0, 0.1) is 0 Å². The average Bonchev–Trinajstić information content (AvgIpc) is 2.94. The first kappa shape index (κ1) is 23.5. The number of benzene rings is 2. The highest BCUT2D eigenvalue weighted by Gasteiger charge is 2.30. The average molecular weight is 496 g/mol. The number of para-hydroxylation sites is 1. The van der Waals surface area contributed by atoms with E-state index in [-0.39, 0.29) is 4.90 Å². The van der Waals surface area contributed by atoms with Crippen molar-refractivity contribution < 1.29 is 17.9 Å². The van der Waals surface area contributed by atoms with Gasteiger partial charge in [-0.3, -0.25) is 0 Å². The van der Waals surface area contributed by atoms with E-state index in [0.29, 0.717) is 43.3 Å². The third kappa shape index (κ3) is 4.95. The molecule has 9 nitrogen and oxygen atoms in total. The summed E-state index contributed by atoms with van der Waals surface area (Å²) in [6, 6.07) is 19.3. The number of morpholine rings is 1. The van der Waals surface area contributed by atoms with E-state index in [1.54, 1.807) is 18.2 Å². The molecule has 35 heavy (non-hydrogen) atoms. The molecule has 0 amide bonds. The van der Waals surface area contributed by atoms with Crippen molar-refractivity contribution in [2.75, 3.05) is 69.4 Å². The van der Waals surface area contributed by atoms with Gasteiger partial charge in [-0.05, 0) is 42.5 Å². The molecule has 2 saturated heterocycles. The summed E-state index contributed by atoms with van der Waals surface area (Å²) in [5, 5.41) is 8.87. The van der Waals surface area contributed by atoms with Crippen LogP contribution in [0.5, 0.6) is 5.75 Å². The van der Waals surface area contributed by atoms with Gasteiger partial charge in [0.2, 0.25) is 10.0 Å². The molecule has 0 N–H and O–H groups in total. The van der Waals surface area contributed by atoms with Gasteiger partial charge in [0.05, 0.1) is 26.0 Å². The van der Waals surface area contributed by atoms with Crippen LogP contribution in [0.25, 0.3) is 11.3 Å². The molecule has 0 atom stereocenters. The first-order valence-electron chi connectivity index (χ1n) is 11.7. The van der Waals surface area contributed by atoms with Crippen LogP contribution >= 0.6 is 0 Å². The monoisotopic (exact) mass is 495 g/mol. The molecule has 10 heteroatoms. The predicted octanol–water partition coefficient (Wildman–Crippen LogP) is 2.50. The minimum atomic E-state index is -3.72. The lowest BCUT2D eigenvalue weighted by molar-refractivity contribution is 0.0729. The van der Waals surface area contributed by atoms with E-state index in [4.69, 9.17) is 9.47 Å². The second kappa shape index (κ2) is 10.2. The second-order valence-corrected chi connectivity index (χ2v) is 10.4. The number of rotatable bonds is 6. The van der Waals surface area contributed by atoms with Crippen molar-refractivity contribution in [3.05, 3.63) is 60.7 Å². The lowest BCUT2D eigenvalue weighted by Gasteiger charge is -2.36. The van der Waals surface area contributed by atoms with E-state index in [0.717, 1.165) is 32.0 Å². The quantitative estimate of drug-likeness (QED) is 0.516. The summed E-state index contributed by atoms with van der Waals surface area (Å²) in [5.41, 5.74) is 2.51. The summed E-state index contributed by atoms with van der Waals surface area (Å²) >= 11 is 0. The molecule has 2 aliphatic heterocycles. The zero-order chi connectivity index (χ0) is 24.3. The molecule has 0 aliphatic carbocycles. The van der Waals surface area contributed by atoms with E-state index >= 15 is 0 Å². The highest BCUT2D eigenvalue weighted by molar-refractivity contribution is 7.89. The van der Waals surface area contributed by atoms with Crippen LogP contribution in [0.15, 0.2) is 65.6 Å². The van der Waals surface area contributed by atoms with Crippen molar-refractivity contribution in [1.29, 1.82) is 0 Å². The number of aromatic nitrogens is 2. The normalized spacial score (nSPS) is 17.4. The molecular weight excluding hydrogens is 466 g/mol. The SMILES string of the molecule is COc1ccc(-c2ccc(N3CCN(c4ccccc4)CC3)nn2)cc1S(=O)(=O)N1CCOCC1. The van der Waals surface area contributed by atoms with Gasteiger partial charge in [0.1, 0.15) is 10.6 Å². The van der Waals surface area contributed by atoms with Gasteiger partial charge in [-0.15, -0.1) is 10.2 Å². The van der Waals surface area contributed by atoms with Crippen LogP contribution in [-0.2, 0) is 14.8 Å². The molecule has 2 fully saturated rings. The number of ether oxygens (including phenoxy) is 2. The third-order valence-electron chi connectivity index (χ3n) is 6.42. The molecule has 3 aromatic rings. The lowest BCUT2D eigenvalue weighted by atomic mass is 10.1. The zero-order valence-corrected chi connectivity index (χ0v) is 20.5. The molecule has 2 aliphatic rings. The standard InChI is InChI=1S/C25H29N5O4S/c1-33-23-9-7-20(19-24(23)35(31,32)30-15-17-34-18-16-30)22-8-10-25(27-26-22)29-13-11-28(12-14-29)21-5-3-2-4-6-21/h2-10,19H,11-18H2,1H3. The van der Waals surface area contributed by atoms with Crippen molar-refractivity contribution >= 4 is 21.5 Å². The number of sulfonamides is 1. The van der Waals surface area contributed by atoms with E-state index < -0.39 is 10.0 Å². The number of methoxy groups -OCH3 is 1. The van der Waals surface area contributed by atoms with Crippen LogP contribution < -0.4 is 14.5 Å². The highest BCUT2D eigenvalue weighted by Crippen LogP contribution is 2.32. The third-order valence-corrected chi connectivity index (χ3v) is 8.34. The van der Waals surface area contributed by atoms with E-state index in [1.807, 2.05) is 18.2 Å². The highest BCUT2D eigenvalue weighted by atomic mass is 32.2. The predicted molar refractivity (Wildman–Crippen MR) is 134 cm³/mol. The fraction of sp³-hybridized carbons (Fsp3) is 0.360. The van der Waals surface area contributed by atoms with Gasteiger partial charge in [0, 0.05) is 50.5 Å². The summed E-state index contributed by atoms with van der Waals surface area (Å²) in [6.07, 6.45) is 0. The maximum atomic E-state index is 13.3. The van der Waals surface area contributed by atoms with Gasteiger partial charge in [-0.2, -0.15) is 4.31 Å². The number of hydrogen-bond donors (Lipinski definition) is 0. The maximum absolute atomic E-state index is 13.3. The summed E-state index contributed by atoms with van der Waals surface area (Å²) in [5.74, 6) is 1.12. The van der Waals surface area contributed by atoms with Gasteiger partial charge in [-0.1, -0.05) is 18.2 Å². The Balaban J connectivity index is 1.33. The topological polar surface area (TPSA) is 88.1 Å². The minimum absolute atomic E-state index is 0.127. The van der Waals surface area contributed by atoms with Gasteiger partial charge >= 0.3 is 0 Å². The van der Waals surface area contributed by atoms with Gasteiger partial charge in [0.15, 0.2) is 5.82 Å². The molecule has 0 radical (unpaired) electrons. The maximum Gasteiger partial charge on any atom is 0.246 e. The van der Waals surface area contributed by atoms with Crippen LogP contribution in [0.2, 0.25) is 0 Å². The summed E-state index contributed by atoms with van der Waals surface area (Å²) < 4.78 is 38.7. The van der Waals surface area contributed by atoms with Crippen molar-refractivity contribution in [2.24, 2.45) is 0 Å². The second-order valence-electron chi connectivity index (χ2n) is 8.47. The van der Waals surface area contributed by atoms with Crippen LogP contribution in [0.3, 0.4) is 0 Å². The Kier molecular flexibility index (Phi) is 6.85. The van der Waals surface area contributed by atoms with Crippen molar-refractivity contribution in [3.8, 4) is 17.0 Å². The van der Waals surface area contributed by atoms with E-state index in [2.05, 4.69) is 44.3 Å². The van der Waals surface area contributed by atoms with E-state index in [9.17, 15) is 8.42 Å². The molecular formula is C25H29N5O4S. The molecule has 0 spiro atoms. The number of nitrogens with zero attached hydrogens (tertiary/aromatic N) is 5. The Morgan fingerprint density at radius 2 is 1.54 bits per heavy atom. The Morgan fingerprint density at radius 1 is 0.829 bits per heavy atom. The molecule has 184 valence electrons. The van der Waals surface area contributed by atoms with Crippen molar-refractivity contribution in [1.82, 2.24) is 14.5 Å². The number of hydrogen-bond acceptors (Lipinski definition) is 8. The van der Waals surface area contributed by atoms with Gasteiger partial charge in [-0.25, -0.2) is 8.42 Å². The molecule has 0 saturated carbocycles. The molecule has 1 aromatic heterocycles. The first-order valence-corrected chi connectivity index (χ1v) is 13.2. The summed E-state index contributed by atoms with van der Waals surface area (Å²) in [4.78, 5) is 4.72. The Hall–Kier alpha value is -3.21. The Bertz CT molecular complexity index is 1240. The zero-order valence-electron chi connectivity index (χ0n) is 19.7. The smallest absolute Gasteiger partial charge is 0.246 e. The van der Waals surface area contributed by atoms with Crippen LogP contribution in [0.1, 0.15) is 0 Å². The minimum Gasteiger partial charge on any atom is -0.495 e. The number of piperazine rings is 1. The van der Waals surface area contributed by atoms with Crippen molar-refractivity contribution in [2.45, 2.75) is 4.90 Å². The molecule has 2 aromatic carbocycles. The fourth-order valence-corrected chi connectivity index (χ4v) is 6.03. The molecule has 0 unspecified atom stereocenters. The summed E-state index contributed by atoms with van der Waals surface area (Å²) in [7, 11) is -2.25. The van der Waals surface area contributed by atoms with Gasteiger partial charge < -0.3 is 19.3 Å². The largest absolute Gasteiger partial charge is 0.495 e. The van der Waals surface area contributed by atoms with Gasteiger partial charge in [0.25, 0.3) is 0 Å². The van der Waals surface area contributed by atoms with E-state index in [1.165, 1.54) is 17.1 Å². The Labute approximate surface area is 205 Å². The fourth-order valence-electron chi connectivity index (χ4n) is 4.44. The van der Waals surface area contributed by atoms with Crippen LogP contribution in [0.4, 0.5) is 11.5 Å². The summed E-state index contributed by atoms with van der Waals surface area (Å²) in [6.45, 7) is 4.94. The first-order chi connectivity index (χ1) is 17.1. The molecule has 5 rings (SSSR count). The van der Waals surface area contributed by atoms with Crippen LogP contribution in [-0.4, -0.2) is 82.5 Å². The lowest BCUT2D eigenvalue weighted by Crippen LogP contribution is -2.46. The molecule has 3 heterocycles. The molecule has 0 bridgehead atoms. The number of anilines is 2. The van der Waals surface area contributed by atoms with Crippen molar-refractivity contribution in [3.63, 3.8) is 0 Å².